The van der Waals surface area contributed by atoms with Crippen molar-refractivity contribution in [2.45, 2.75) is 25.4 Å². The molecule has 2 aromatic rings. The average Bonchev–Trinajstić information content (AvgIpc) is 2.66. The van der Waals surface area contributed by atoms with Gasteiger partial charge < -0.3 is 9.47 Å². The van der Waals surface area contributed by atoms with E-state index in [0.717, 1.165) is 12.7 Å². The third kappa shape index (κ3) is 5.65. The summed E-state index contributed by atoms with van der Waals surface area (Å²) in [7, 11) is 1.10. The highest BCUT2D eigenvalue weighted by atomic mass is 19.3. The van der Waals surface area contributed by atoms with Gasteiger partial charge in [0, 0.05) is 12.0 Å². The Balaban J connectivity index is 2.00. The summed E-state index contributed by atoms with van der Waals surface area (Å²) in [6, 6.07) is 16.1. The number of methoxy groups -OCH3 is 1. The molecule has 0 fully saturated rings. The van der Waals surface area contributed by atoms with Gasteiger partial charge in [0.15, 0.2) is 0 Å². The summed E-state index contributed by atoms with van der Waals surface area (Å²) < 4.78 is 38.5. The quantitative estimate of drug-likeness (QED) is 0.664. The fourth-order valence-corrected chi connectivity index (χ4v) is 2.51. The summed E-state index contributed by atoms with van der Waals surface area (Å²) in [5.74, 6) is -6.15. The molecule has 0 N–H and O–H groups in total. The van der Waals surface area contributed by atoms with Crippen LogP contribution in [-0.4, -0.2) is 19.0 Å². The zero-order valence-corrected chi connectivity index (χ0v) is 14.4. The van der Waals surface area contributed by atoms with Crippen LogP contribution in [0.1, 0.15) is 24.0 Å². The molecule has 0 aromatic heterocycles. The lowest BCUT2D eigenvalue weighted by molar-refractivity contribution is -0.157. The van der Waals surface area contributed by atoms with Gasteiger partial charge in [0.1, 0.15) is 6.61 Å². The molecular weight excluding hydrogens is 342 g/mol. The summed E-state index contributed by atoms with van der Waals surface area (Å²) in [5, 5.41) is 0. The van der Waals surface area contributed by atoms with Crippen molar-refractivity contribution in [2.75, 3.05) is 7.11 Å². The van der Waals surface area contributed by atoms with E-state index < -0.39 is 36.6 Å². The minimum absolute atomic E-state index is 0.0165. The molecule has 4 nitrogen and oxygen atoms in total. The molecular formula is C20H20F2O4. The maximum atomic E-state index is 14.4. The van der Waals surface area contributed by atoms with Crippen LogP contribution in [-0.2, 0) is 31.6 Å². The smallest absolute Gasteiger partial charge is 0.309 e. The van der Waals surface area contributed by atoms with E-state index in [1.807, 2.05) is 6.07 Å². The van der Waals surface area contributed by atoms with E-state index in [1.165, 1.54) is 24.3 Å². The summed E-state index contributed by atoms with van der Waals surface area (Å²) >= 11 is 0. The van der Waals surface area contributed by atoms with Crippen molar-refractivity contribution in [3.63, 3.8) is 0 Å². The molecule has 0 heterocycles. The number of benzene rings is 2. The van der Waals surface area contributed by atoms with E-state index >= 15 is 0 Å². The van der Waals surface area contributed by atoms with Gasteiger partial charge in [-0.25, -0.2) is 8.78 Å². The second-order valence-corrected chi connectivity index (χ2v) is 5.85. The highest BCUT2D eigenvalue weighted by molar-refractivity contribution is 5.80. The minimum Gasteiger partial charge on any atom is -0.469 e. The van der Waals surface area contributed by atoms with Crippen molar-refractivity contribution in [3.8, 4) is 0 Å². The van der Waals surface area contributed by atoms with Crippen LogP contribution in [0.3, 0.4) is 0 Å². The van der Waals surface area contributed by atoms with Crippen molar-refractivity contribution < 1.29 is 27.8 Å². The summed E-state index contributed by atoms with van der Waals surface area (Å²) in [4.78, 5) is 23.9. The lowest BCUT2D eigenvalue weighted by Gasteiger charge is -2.21. The monoisotopic (exact) mass is 362 g/mol. The molecule has 0 amide bonds. The molecule has 138 valence electrons. The fourth-order valence-electron chi connectivity index (χ4n) is 2.51. The van der Waals surface area contributed by atoms with Gasteiger partial charge in [-0.3, -0.25) is 9.59 Å². The van der Waals surface area contributed by atoms with Crippen LogP contribution in [0.15, 0.2) is 60.7 Å². The number of hydrogen-bond donors (Lipinski definition) is 0. The number of alkyl halides is 2. The van der Waals surface area contributed by atoms with E-state index in [4.69, 9.17) is 4.74 Å². The second kappa shape index (κ2) is 9.08. The highest BCUT2D eigenvalue weighted by Gasteiger charge is 2.39. The Labute approximate surface area is 150 Å². The summed E-state index contributed by atoms with van der Waals surface area (Å²) in [6.07, 6.45) is -1.30. The SMILES string of the molecule is COC(=O)[C@@H](CC(=O)OCc1ccccc1)CC(F)(F)c1ccccc1. The van der Waals surface area contributed by atoms with Gasteiger partial charge in [-0.1, -0.05) is 60.7 Å². The van der Waals surface area contributed by atoms with Crippen LogP contribution in [0.2, 0.25) is 0 Å². The van der Waals surface area contributed by atoms with Crippen molar-refractivity contribution in [1.82, 2.24) is 0 Å². The predicted molar refractivity (Wildman–Crippen MR) is 91.3 cm³/mol. The van der Waals surface area contributed by atoms with Crippen LogP contribution in [0.5, 0.6) is 0 Å². The third-order valence-electron chi connectivity index (χ3n) is 3.89. The maximum absolute atomic E-state index is 14.4. The van der Waals surface area contributed by atoms with Gasteiger partial charge in [-0.15, -0.1) is 0 Å². The first-order chi connectivity index (χ1) is 12.4. The van der Waals surface area contributed by atoms with E-state index in [-0.39, 0.29) is 12.2 Å². The minimum atomic E-state index is -3.26. The van der Waals surface area contributed by atoms with Gasteiger partial charge in [-0.05, 0) is 5.56 Å². The Bertz CT molecular complexity index is 717. The number of rotatable bonds is 8. The molecule has 2 aromatic carbocycles. The number of ether oxygens (including phenoxy) is 2. The summed E-state index contributed by atoms with van der Waals surface area (Å²) in [5.41, 5.74) is 0.552. The zero-order valence-electron chi connectivity index (χ0n) is 14.4. The van der Waals surface area contributed by atoms with Gasteiger partial charge in [0.25, 0.3) is 5.92 Å². The average molecular weight is 362 g/mol. The number of hydrogen-bond acceptors (Lipinski definition) is 4. The van der Waals surface area contributed by atoms with Crippen molar-refractivity contribution in [2.24, 2.45) is 5.92 Å². The number of carbonyl (C=O) groups is 2. The van der Waals surface area contributed by atoms with Gasteiger partial charge >= 0.3 is 11.9 Å². The molecule has 0 unspecified atom stereocenters. The Morgan fingerprint density at radius 3 is 2.15 bits per heavy atom. The van der Waals surface area contributed by atoms with Crippen LogP contribution < -0.4 is 0 Å². The Hall–Kier alpha value is -2.76. The lowest BCUT2D eigenvalue weighted by atomic mass is 9.93. The molecule has 1 atom stereocenters. The van der Waals surface area contributed by atoms with E-state index in [2.05, 4.69) is 4.74 Å². The van der Waals surface area contributed by atoms with Crippen LogP contribution in [0.4, 0.5) is 8.78 Å². The maximum Gasteiger partial charge on any atom is 0.309 e. The predicted octanol–water partition coefficient (Wildman–Crippen LogP) is 4.09. The Morgan fingerprint density at radius 1 is 1.00 bits per heavy atom. The molecule has 0 spiro atoms. The van der Waals surface area contributed by atoms with Crippen LogP contribution in [0, 0.1) is 5.92 Å². The lowest BCUT2D eigenvalue weighted by Crippen LogP contribution is -2.28. The molecule has 0 aliphatic carbocycles. The first-order valence-electron chi connectivity index (χ1n) is 8.13. The first kappa shape index (κ1) is 19.6. The number of carbonyl (C=O) groups excluding carboxylic acids is 2. The fraction of sp³-hybridized carbons (Fsp3) is 0.300. The number of halogens is 2. The van der Waals surface area contributed by atoms with E-state index in [1.54, 1.807) is 30.3 Å². The van der Waals surface area contributed by atoms with Gasteiger partial charge in [0.05, 0.1) is 19.4 Å². The molecule has 0 aliphatic heterocycles. The molecule has 6 heteroatoms. The largest absolute Gasteiger partial charge is 0.469 e. The Morgan fingerprint density at radius 2 is 1.58 bits per heavy atom. The van der Waals surface area contributed by atoms with Crippen molar-refractivity contribution in [1.29, 1.82) is 0 Å². The highest BCUT2D eigenvalue weighted by Crippen LogP contribution is 2.36. The third-order valence-corrected chi connectivity index (χ3v) is 3.89. The van der Waals surface area contributed by atoms with Crippen molar-refractivity contribution in [3.05, 3.63) is 71.8 Å². The van der Waals surface area contributed by atoms with E-state index in [0.29, 0.717) is 0 Å². The molecule has 0 bridgehead atoms. The standard InChI is InChI=1S/C20H20F2O4/c1-25-19(24)16(13-20(21,22)17-10-6-3-7-11-17)12-18(23)26-14-15-8-4-2-5-9-15/h2-11,16H,12-14H2,1H3/t16-/m0/s1. The molecule has 0 radical (unpaired) electrons. The normalized spacial score (nSPS) is 12.3. The molecule has 26 heavy (non-hydrogen) atoms. The van der Waals surface area contributed by atoms with Gasteiger partial charge in [-0.2, -0.15) is 0 Å². The van der Waals surface area contributed by atoms with Crippen LogP contribution in [0.25, 0.3) is 0 Å². The first-order valence-corrected chi connectivity index (χ1v) is 8.13. The molecule has 2 rings (SSSR count). The Kier molecular flexibility index (Phi) is 6.83. The summed E-state index contributed by atoms with van der Waals surface area (Å²) in [6.45, 7) is 0.0165. The number of esters is 2. The molecule has 0 saturated heterocycles. The molecule has 0 aliphatic rings. The topological polar surface area (TPSA) is 52.6 Å². The second-order valence-electron chi connectivity index (χ2n) is 5.85. The molecule has 0 saturated carbocycles. The zero-order chi connectivity index (χ0) is 19.0. The van der Waals surface area contributed by atoms with Crippen LogP contribution >= 0.6 is 0 Å². The van der Waals surface area contributed by atoms with Crippen molar-refractivity contribution >= 4 is 11.9 Å². The van der Waals surface area contributed by atoms with E-state index in [9.17, 15) is 18.4 Å². The van der Waals surface area contributed by atoms with Gasteiger partial charge in [0.2, 0.25) is 0 Å².